The van der Waals surface area contributed by atoms with Gasteiger partial charge in [-0.2, -0.15) is 4.98 Å². The lowest BCUT2D eigenvalue weighted by molar-refractivity contribution is 0.260. The summed E-state index contributed by atoms with van der Waals surface area (Å²) >= 11 is 0. The van der Waals surface area contributed by atoms with Crippen LogP contribution >= 0.6 is 0 Å². The molecule has 6 nitrogen and oxygen atoms in total. The Morgan fingerprint density at radius 2 is 1.83 bits per heavy atom. The Morgan fingerprint density at radius 3 is 2.57 bits per heavy atom. The fraction of sp³-hybridized carbons (Fsp3) is 0.471. The number of rotatable bonds is 6. The number of pyridine rings is 1. The topological polar surface area (TPSA) is 57.2 Å². The average molecular weight is 312 g/mol. The van der Waals surface area contributed by atoms with Crippen LogP contribution in [-0.4, -0.2) is 59.1 Å². The molecule has 122 valence electrons. The number of nitrogens with zero attached hydrogens (tertiary/aromatic N) is 5. The number of aromatic nitrogens is 3. The highest BCUT2D eigenvalue weighted by molar-refractivity contribution is 5.41. The molecule has 1 saturated heterocycles. The van der Waals surface area contributed by atoms with Crippen LogP contribution in [0, 0.1) is 0 Å². The number of piperazine rings is 1. The molecule has 0 bridgehead atoms. The van der Waals surface area contributed by atoms with Gasteiger partial charge in [-0.15, -0.1) is 0 Å². The van der Waals surface area contributed by atoms with Crippen LogP contribution in [0.3, 0.4) is 0 Å². The Bertz CT molecular complexity index is 595. The summed E-state index contributed by atoms with van der Waals surface area (Å²) in [5, 5.41) is 3.24. The summed E-state index contributed by atoms with van der Waals surface area (Å²) in [5.41, 5.74) is 1.35. The summed E-state index contributed by atoms with van der Waals surface area (Å²) in [6, 6.07) is 6.10. The van der Waals surface area contributed by atoms with E-state index in [-0.39, 0.29) is 0 Å². The summed E-state index contributed by atoms with van der Waals surface area (Å²) in [5.74, 6) is 1.73. The van der Waals surface area contributed by atoms with Crippen molar-refractivity contribution in [1.82, 2.24) is 19.9 Å². The van der Waals surface area contributed by atoms with Gasteiger partial charge in [0.2, 0.25) is 5.95 Å². The zero-order chi connectivity index (χ0) is 15.9. The molecule has 2 aromatic heterocycles. The predicted molar refractivity (Wildman–Crippen MR) is 92.8 cm³/mol. The van der Waals surface area contributed by atoms with Crippen LogP contribution < -0.4 is 10.2 Å². The minimum atomic E-state index is 0.831. The van der Waals surface area contributed by atoms with Gasteiger partial charge in [0.05, 0.1) is 0 Å². The Hall–Kier alpha value is -2.21. The largest absolute Gasteiger partial charge is 0.370 e. The van der Waals surface area contributed by atoms with Crippen LogP contribution in [0.15, 0.2) is 36.8 Å². The van der Waals surface area contributed by atoms with Gasteiger partial charge in [-0.1, -0.05) is 0 Å². The van der Waals surface area contributed by atoms with Crippen LogP contribution in [-0.2, 0) is 6.42 Å². The van der Waals surface area contributed by atoms with E-state index < -0.39 is 0 Å². The third kappa shape index (κ3) is 4.39. The molecule has 23 heavy (non-hydrogen) atoms. The number of hydrogen-bond acceptors (Lipinski definition) is 6. The lowest BCUT2D eigenvalue weighted by atomic mass is 10.2. The maximum absolute atomic E-state index is 4.58. The fourth-order valence-electron chi connectivity index (χ4n) is 2.79. The molecule has 0 spiro atoms. The molecule has 2 aromatic rings. The van der Waals surface area contributed by atoms with Crippen molar-refractivity contribution in [2.75, 3.05) is 49.5 Å². The minimum absolute atomic E-state index is 0.831. The summed E-state index contributed by atoms with van der Waals surface area (Å²) in [4.78, 5) is 17.8. The molecule has 3 heterocycles. The summed E-state index contributed by atoms with van der Waals surface area (Å²) in [7, 11) is 0. The molecule has 0 radical (unpaired) electrons. The van der Waals surface area contributed by atoms with Crippen molar-refractivity contribution in [2.45, 2.75) is 13.3 Å². The van der Waals surface area contributed by atoms with Crippen molar-refractivity contribution in [1.29, 1.82) is 0 Å². The van der Waals surface area contributed by atoms with Crippen molar-refractivity contribution in [3.8, 4) is 0 Å². The van der Waals surface area contributed by atoms with Crippen LogP contribution in [0.1, 0.15) is 12.5 Å². The third-order valence-electron chi connectivity index (χ3n) is 4.12. The summed E-state index contributed by atoms with van der Waals surface area (Å²) in [6.45, 7) is 8.11. The lowest BCUT2D eigenvalue weighted by Gasteiger charge is -2.34. The van der Waals surface area contributed by atoms with Gasteiger partial charge in [0.25, 0.3) is 0 Å². The standard InChI is InChI=1S/C17H24N6/c1-2-19-16-5-9-20-17(21-16)23-13-11-22(12-14-23)10-6-15-3-7-18-8-4-15/h3-5,7-9H,2,6,10-14H2,1H3,(H,19,20,21). The molecule has 0 saturated carbocycles. The molecule has 0 unspecified atom stereocenters. The SMILES string of the molecule is CCNc1ccnc(N2CCN(CCc3ccncc3)CC2)n1. The van der Waals surface area contributed by atoms with Gasteiger partial charge in [-0.05, 0) is 37.1 Å². The van der Waals surface area contributed by atoms with Crippen LogP contribution in [0.5, 0.6) is 0 Å². The Labute approximate surface area is 137 Å². The van der Waals surface area contributed by atoms with Gasteiger partial charge in [0, 0.05) is 57.9 Å². The van der Waals surface area contributed by atoms with Gasteiger partial charge >= 0.3 is 0 Å². The zero-order valence-corrected chi connectivity index (χ0v) is 13.6. The van der Waals surface area contributed by atoms with E-state index in [1.54, 1.807) is 0 Å². The van der Waals surface area contributed by atoms with Crippen molar-refractivity contribution in [3.63, 3.8) is 0 Å². The van der Waals surface area contributed by atoms with Gasteiger partial charge in [0.1, 0.15) is 5.82 Å². The first-order chi connectivity index (χ1) is 11.3. The normalized spacial score (nSPS) is 15.6. The van der Waals surface area contributed by atoms with E-state index >= 15 is 0 Å². The number of nitrogens with one attached hydrogen (secondary N) is 1. The van der Waals surface area contributed by atoms with E-state index in [2.05, 4.69) is 49.1 Å². The molecule has 0 amide bonds. The second-order valence-corrected chi connectivity index (χ2v) is 5.71. The van der Waals surface area contributed by atoms with Crippen LogP contribution in [0.2, 0.25) is 0 Å². The first-order valence-electron chi connectivity index (χ1n) is 8.28. The van der Waals surface area contributed by atoms with Gasteiger partial charge in [-0.25, -0.2) is 4.98 Å². The highest BCUT2D eigenvalue weighted by atomic mass is 15.3. The first-order valence-corrected chi connectivity index (χ1v) is 8.28. The highest BCUT2D eigenvalue weighted by Crippen LogP contribution is 2.13. The second-order valence-electron chi connectivity index (χ2n) is 5.71. The second kappa shape index (κ2) is 7.87. The fourth-order valence-corrected chi connectivity index (χ4v) is 2.79. The van der Waals surface area contributed by atoms with E-state index in [1.165, 1.54) is 5.56 Å². The Morgan fingerprint density at radius 1 is 1.04 bits per heavy atom. The number of anilines is 2. The van der Waals surface area contributed by atoms with E-state index in [0.29, 0.717) is 0 Å². The van der Waals surface area contributed by atoms with E-state index in [0.717, 1.165) is 57.5 Å². The van der Waals surface area contributed by atoms with Crippen molar-refractivity contribution < 1.29 is 0 Å². The average Bonchev–Trinajstić information content (AvgIpc) is 2.62. The minimum Gasteiger partial charge on any atom is -0.370 e. The molecule has 1 N–H and O–H groups in total. The van der Waals surface area contributed by atoms with E-state index in [9.17, 15) is 0 Å². The molecule has 1 fully saturated rings. The maximum Gasteiger partial charge on any atom is 0.227 e. The zero-order valence-electron chi connectivity index (χ0n) is 13.6. The van der Waals surface area contributed by atoms with Crippen molar-refractivity contribution in [2.24, 2.45) is 0 Å². The van der Waals surface area contributed by atoms with Gasteiger partial charge in [-0.3, -0.25) is 9.88 Å². The molecule has 3 rings (SSSR count). The molecule has 0 aliphatic carbocycles. The monoisotopic (exact) mass is 312 g/mol. The van der Waals surface area contributed by atoms with Crippen molar-refractivity contribution >= 4 is 11.8 Å². The smallest absolute Gasteiger partial charge is 0.227 e. The molecular formula is C17H24N6. The van der Waals surface area contributed by atoms with Gasteiger partial charge < -0.3 is 10.2 Å². The van der Waals surface area contributed by atoms with Crippen LogP contribution in [0.4, 0.5) is 11.8 Å². The molecule has 0 atom stereocenters. The van der Waals surface area contributed by atoms with E-state index in [1.807, 2.05) is 24.7 Å². The first kappa shape index (κ1) is 15.7. The summed E-state index contributed by atoms with van der Waals surface area (Å²) in [6.07, 6.45) is 6.63. The highest BCUT2D eigenvalue weighted by Gasteiger charge is 2.18. The molecule has 0 aromatic carbocycles. The predicted octanol–water partition coefficient (Wildman–Crippen LogP) is 1.67. The molecule has 6 heteroatoms. The van der Waals surface area contributed by atoms with Crippen molar-refractivity contribution in [3.05, 3.63) is 42.4 Å². The Balaban J connectivity index is 1.49. The molecular weight excluding hydrogens is 288 g/mol. The lowest BCUT2D eigenvalue weighted by Crippen LogP contribution is -2.47. The quantitative estimate of drug-likeness (QED) is 0.875. The maximum atomic E-state index is 4.58. The van der Waals surface area contributed by atoms with E-state index in [4.69, 9.17) is 0 Å². The van der Waals surface area contributed by atoms with Gasteiger partial charge in [0.15, 0.2) is 0 Å². The molecule has 1 aliphatic rings. The Kier molecular flexibility index (Phi) is 5.37. The third-order valence-corrected chi connectivity index (χ3v) is 4.12. The molecule has 1 aliphatic heterocycles. The number of hydrogen-bond donors (Lipinski definition) is 1. The van der Waals surface area contributed by atoms with Crippen LogP contribution in [0.25, 0.3) is 0 Å². The summed E-state index contributed by atoms with van der Waals surface area (Å²) < 4.78 is 0.